The van der Waals surface area contributed by atoms with E-state index in [0.717, 1.165) is 10.7 Å². The molecule has 6 heteroatoms. The zero-order valence-corrected chi connectivity index (χ0v) is 15.2. The van der Waals surface area contributed by atoms with Gasteiger partial charge in [0, 0.05) is 22.2 Å². The summed E-state index contributed by atoms with van der Waals surface area (Å²) in [5, 5.41) is 8.12. The van der Waals surface area contributed by atoms with Gasteiger partial charge in [0.2, 0.25) is 0 Å². The molecule has 0 unspecified atom stereocenters. The molecule has 0 saturated heterocycles. The number of thiazole rings is 1. The van der Waals surface area contributed by atoms with E-state index in [1.807, 2.05) is 28.7 Å². The molecule has 0 aliphatic rings. The number of hydrogen-bond acceptors (Lipinski definition) is 4. The van der Waals surface area contributed by atoms with Crippen LogP contribution in [0.15, 0.2) is 22.9 Å². The first-order chi connectivity index (χ1) is 10.4. The number of thiophene rings is 1. The second kappa shape index (κ2) is 7.24. The molecule has 0 bridgehead atoms. The number of amides is 2. The molecule has 0 radical (unpaired) electrons. The predicted octanol–water partition coefficient (Wildman–Crippen LogP) is 4.23. The third kappa shape index (κ3) is 4.55. The minimum absolute atomic E-state index is 0.0405. The third-order valence-electron chi connectivity index (χ3n) is 3.21. The highest BCUT2D eigenvalue weighted by atomic mass is 32.1. The summed E-state index contributed by atoms with van der Waals surface area (Å²) < 4.78 is 0. The fourth-order valence-corrected chi connectivity index (χ4v) is 3.56. The Morgan fingerprint density at radius 1 is 1.36 bits per heavy atom. The molecule has 0 aliphatic heterocycles. The number of aromatic nitrogens is 1. The number of nitrogens with zero attached hydrogens (tertiary/aromatic N) is 2. The summed E-state index contributed by atoms with van der Waals surface area (Å²) in [5.74, 6) is 0. The van der Waals surface area contributed by atoms with Gasteiger partial charge in [0.05, 0.1) is 23.8 Å². The van der Waals surface area contributed by atoms with E-state index in [0.29, 0.717) is 19.6 Å². The van der Waals surface area contributed by atoms with Crippen LogP contribution in [-0.2, 0) is 18.5 Å². The molecule has 2 amide bonds. The number of nitrogens with one attached hydrogen (secondary N) is 1. The SMILES string of the molecule is CCN(Cc1cccs1)C(=O)NCc1csc(C(C)(C)C)n1. The van der Waals surface area contributed by atoms with Gasteiger partial charge in [-0.25, -0.2) is 9.78 Å². The van der Waals surface area contributed by atoms with Crippen molar-refractivity contribution >= 4 is 28.7 Å². The summed E-state index contributed by atoms with van der Waals surface area (Å²) in [6.07, 6.45) is 0. The molecular formula is C16H23N3OS2. The number of hydrogen-bond donors (Lipinski definition) is 1. The van der Waals surface area contributed by atoms with Crippen molar-refractivity contribution in [3.8, 4) is 0 Å². The van der Waals surface area contributed by atoms with Crippen LogP contribution >= 0.6 is 22.7 Å². The van der Waals surface area contributed by atoms with Crippen molar-refractivity contribution < 1.29 is 4.79 Å². The molecule has 120 valence electrons. The topological polar surface area (TPSA) is 45.2 Å². The summed E-state index contributed by atoms with van der Waals surface area (Å²) >= 11 is 3.32. The summed E-state index contributed by atoms with van der Waals surface area (Å²) in [6, 6.07) is 4.02. The number of rotatable bonds is 5. The first-order valence-corrected chi connectivity index (χ1v) is 9.16. The van der Waals surface area contributed by atoms with Gasteiger partial charge in [-0.15, -0.1) is 22.7 Å². The zero-order chi connectivity index (χ0) is 16.2. The lowest BCUT2D eigenvalue weighted by Gasteiger charge is -2.20. The Balaban J connectivity index is 1.89. The molecule has 2 aromatic rings. The smallest absolute Gasteiger partial charge is 0.318 e. The average Bonchev–Trinajstić information content (AvgIpc) is 3.12. The minimum atomic E-state index is -0.0405. The van der Waals surface area contributed by atoms with Crippen molar-refractivity contribution in [3.05, 3.63) is 38.5 Å². The molecule has 0 aliphatic carbocycles. The van der Waals surface area contributed by atoms with Crippen LogP contribution in [-0.4, -0.2) is 22.5 Å². The highest BCUT2D eigenvalue weighted by Crippen LogP contribution is 2.25. The van der Waals surface area contributed by atoms with Crippen LogP contribution in [0.1, 0.15) is 43.3 Å². The molecule has 22 heavy (non-hydrogen) atoms. The van der Waals surface area contributed by atoms with E-state index in [1.54, 1.807) is 22.7 Å². The van der Waals surface area contributed by atoms with Crippen LogP contribution in [0, 0.1) is 0 Å². The van der Waals surface area contributed by atoms with E-state index in [9.17, 15) is 4.79 Å². The average molecular weight is 338 g/mol. The van der Waals surface area contributed by atoms with Crippen molar-refractivity contribution in [2.45, 2.75) is 46.2 Å². The first-order valence-electron chi connectivity index (χ1n) is 7.40. The maximum absolute atomic E-state index is 12.3. The van der Waals surface area contributed by atoms with Gasteiger partial charge in [0.25, 0.3) is 0 Å². The lowest BCUT2D eigenvalue weighted by atomic mass is 9.98. The van der Waals surface area contributed by atoms with Crippen LogP contribution in [0.2, 0.25) is 0 Å². The molecule has 0 saturated carbocycles. The molecule has 1 N–H and O–H groups in total. The maximum Gasteiger partial charge on any atom is 0.318 e. The van der Waals surface area contributed by atoms with Crippen molar-refractivity contribution in [2.75, 3.05) is 6.54 Å². The molecule has 2 aromatic heterocycles. The van der Waals surface area contributed by atoms with E-state index in [4.69, 9.17) is 0 Å². The molecule has 0 aromatic carbocycles. The van der Waals surface area contributed by atoms with Crippen LogP contribution in [0.5, 0.6) is 0 Å². The quantitative estimate of drug-likeness (QED) is 0.887. The van der Waals surface area contributed by atoms with E-state index in [2.05, 4.69) is 37.1 Å². The summed E-state index contributed by atoms with van der Waals surface area (Å²) in [5.41, 5.74) is 0.983. The maximum atomic E-state index is 12.3. The Labute approximate surface area is 140 Å². The summed E-state index contributed by atoms with van der Waals surface area (Å²) in [6.45, 7) is 10.3. The van der Waals surface area contributed by atoms with Crippen molar-refractivity contribution in [1.82, 2.24) is 15.2 Å². The predicted molar refractivity (Wildman–Crippen MR) is 93.5 cm³/mol. The van der Waals surface area contributed by atoms with Crippen LogP contribution < -0.4 is 5.32 Å². The van der Waals surface area contributed by atoms with E-state index < -0.39 is 0 Å². The lowest BCUT2D eigenvalue weighted by Crippen LogP contribution is -2.38. The fourth-order valence-electron chi connectivity index (χ4n) is 1.93. The molecule has 0 atom stereocenters. The largest absolute Gasteiger partial charge is 0.332 e. The standard InChI is InChI=1S/C16H23N3OS2/c1-5-19(10-13-7-6-8-21-13)15(20)17-9-12-11-22-14(18-12)16(2,3)4/h6-8,11H,5,9-10H2,1-4H3,(H,17,20). The van der Waals surface area contributed by atoms with Crippen molar-refractivity contribution in [3.63, 3.8) is 0 Å². The van der Waals surface area contributed by atoms with Gasteiger partial charge in [0.15, 0.2) is 0 Å². The highest BCUT2D eigenvalue weighted by Gasteiger charge is 2.18. The first kappa shape index (κ1) is 17.0. The van der Waals surface area contributed by atoms with E-state index in [-0.39, 0.29) is 11.4 Å². The lowest BCUT2D eigenvalue weighted by molar-refractivity contribution is 0.198. The highest BCUT2D eigenvalue weighted by molar-refractivity contribution is 7.10. The van der Waals surface area contributed by atoms with Gasteiger partial charge < -0.3 is 10.2 Å². The summed E-state index contributed by atoms with van der Waals surface area (Å²) in [7, 11) is 0. The Morgan fingerprint density at radius 3 is 2.68 bits per heavy atom. The molecule has 2 rings (SSSR count). The molecule has 0 spiro atoms. The second-order valence-electron chi connectivity index (χ2n) is 6.15. The molecular weight excluding hydrogens is 314 g/mol. The summed E-state index contributed by atoms with van der Waals surface area (Å²) in [4.78, 5) is 19.9. The molecule has 0 fully saturated rings. The van der Waals surface area contributed by atoms with Crippen molar-refractivity contribution in [2.24, 2.45) is 0 Å². The Bertz CT molecular complexity index is 599. The van der Waals surface area contributed by atoms with Crippen molar-refractivity contribution in [1.29, 1.82) is 0 Å². The molecule has 4 nitrogen and oxygen atoms in total. The second-order valence-corrected chi connectivity index (χ2v) is 8.04. The van der Waals surface area contributed by atoms with Gasteiger partial charge >= 0.3 is 6.03 Å². The fraction of sp³-hybridized carbons (Fsp3) is 0.500. The normalized spacial score (nSPS) is 11.5. The van der Waals surface area contributed by atoms with Gasteiger partial charge in [-0.1, -0.05) is 26.8 Å². The Hall–Kier alpha value is -1.40. The monoisotopic (exact) mass is 337 g/mol. The number of carbonyl (C=O) groups is 1. The van der Waals surface area contributed by atoms with Crippen LogP contribution in [0.25, 0.3) is 0 Å². The third-order valence-corrected chi connectivity index (χ3v) is 5.39. The number of urea groups is 1. The Morgan fingerprint density at radius 2 is 2.14 bits per heavy atom. The van der Waals surface area contributed by atoms with E-state index in [1.165, 1.54) is 4.88 Å². The van der Waals surface area contributed by atoms with Gasteiger partial charge in [-0.2, -0.15) is 0 Å². The zero-order valence-electron chi connectivity index (χ0n) is 13.5. The van der Waals surface area contributed by atoms with E-state index >= 15 is 0 Å². The minimum Gasteiger partial charge on any atom is -0.332 e. The van der Waals surface area contributed by atoms with Gasteiger partial charge in [-0.3, -0.25) is 0 Å². The van der Waals surface area contributed by atoms with Gasteiger partial charge in [0.1, 0.15) is 0 Å². The van der Waals surface area contributed by atoms with Gasteiger partial charge in [-0.05, 0) is 18.4 Å². The van der Waals surface area contributed by atoms with Crippen LogP contribution in [0.4, 0.5) is 4.79 Å². The Kier molecular flexibility index (Phi) is 5.58. The number of carbonyl (C=O) groups excluding carboxylic acids is 1. The van der Waals surface area contributed by atoms with Crippen LogP contribution in [0.3, 0.4) is 0 Å². The molecule has 2 heterocycles.